The average Bonchev–Trinajstić information content (AvgIpc) is 2.71. The molecule has 8 heteroatoms. The van der Waals surface area contributed by atoms with Gasteiger partial charge >= 0.3 is 6.18 Å². The number of hydrogen-bond acceptors (Lipinski definition) is 2. The third-order valence-corrected chi connectivity index (χ3v) is 5.11. The topological polar surface area (TPSA) is 49.4 Å². The lowest BCUT2D eigenvalue weighted by Crippen LogP contribution is -2.45. The molecule has 0 saturated carbocycles. The number of nitrogens with zero attached hydrogens (tertiary/aromatic N) is 1. The van der Waals surface area contributed by atoms with Gasteiger partial charge < -0.3 is 10.2 Å². The van der Waals surface area contributed by atoms with Crippen molar-refractivity contribution in [2.75, 3.05) is 13.1 Å². The van der Waals surface area contributed by atoms with Crippen LogP contribution >= 0.6 is 11.6 Å². The smallest absolute Gasteiger partial charge is 0.352 e. The van der Waals surface area contributed by atoms with E-state index in [4.69, 9.17) is 11.6 Å². The van der Waals surface area contributed by atoms with Crippen LogP contribution in [0.25, 0.3) is 0 Å². The van der Waals surface area contributed by atoms with Gasteiger partial charge in [-0.15, -0.1) is 0 Å². The first-order valence-electron chi connectivity index (χ1n) is 9.23. The predicted octanol–water partition coefficient (Wildman–Crippen LogP) is 4.53. The van der Waals surface area contributed by atoms with Crippen LogP contribution in [0.15, 0.2) is 48.5 Å². The fourth-order valence-electron chi connectivity index (χ4n) is 3.37. The summed E-state index contributed by atoms with van der Waals surface area (Å²) in [6.45, 7) is 0.904. The summed E-state index contributed by atoms with van der Waals surface area (Å²) in [4.78, 5) is 26.6. The summed E-state index contributed by atoms with van der Waals surface area (Å²) < 4.78 is 38.7. The molecule has 1 heterocycles. The zero-order chi connectivity index (χ0) is 21.0. The van der Waals surface area contributed by atoms with E-state index in [1.54, 1.807) is 18.2 Å². The Hall–Kier alpha value is -2.54. The van der Waals surface area contributed by atoms with Gasteiger partial charge in [0.2, 0.25) is 5.91 Å². The van der Waals surface area contributed by atoms with E-state index in [9.17, 15) is 22.8 Å². The third kappa shape index (κ3) is 5.50. The van der Waals surface area contributed by atoms with Gasteiger partial charge in [0.05, 0.1) is 11.5 Å². The maximum absolute atomic E-state index is 12.9. The van der Waals surface area contributed by atoms with Crippen molar-refractivity contribution in [3.63, 3.8) is 0 Å². The number of likely N-dealkylation sites (tertiary alicyclic amines) is 1. The van der Waals surface area contributed by atoms with Crippen molar-refractivity contribution in [3.8, 4) is 0 Å². The lowest BCUT2D eigenvalue weighted by Gasteiger charge is -2.32. The minimum absolute atomic E-state index is 0.0280. The average molecular weight is 425 g/mol. The van der Waals surface area contributed by atoms with E-state index in [0.29, 0.717) is 31.0 Å². The lowest BCUT2D eigenvalue weighted by molar-refractivity contribution is -0.137. The van der Waals surface area contributed by atoms with Crippen molar-refractivity contribution in [1.82, 2.24) is 10.2 Å². The summed E-state index contributed by atoms with van der Waals surface area (Å²) in [6.07, 6.45) is -3.28. The molecule has 2 aromatic rings. The van der Waals surface area contributed by atoms with Crippen LogP contribution in [0.4, 0.5) is 13.2 Å². The van der Waals surface area contributed by atoms with Gasteiger partial charge in [0.15, 0.2) is 0 Å². The minimum atomic E-state index is -4.51. The highest BCUT2D eigenvalue weighted by Crippen LogP contribution is 2.30. The van der Waals surface area contributed by atoms with E-state index in [2.05, 4.69) is 5.32 Å². The number of carbonyl (C=O) groups excluding carboxylic acids is 2. The zero-order valence-corrected chi connectivity index (χ0v) is 16.3. The van der Waals surface area contributed by atoms with Crippen molar-refractivity contribution >= 4 is 23.4 Å². The molecule has 2 aromatic carbocycles. The van der Waals surface area contributed by atoms with Crippen molar-refractivity contribution < 1.29 is 22.8 Å². The normalized spacial score (nSPS) is 17.1. The minimum Gasteiger partial charge on any atom is -0.352 e. The maximum atomic E-state index is 12.9. The predicted molar refractivity (Wildman–Crippen MR) is 103 cm³/mol. The Balaban J connectivity index is 1.62. The van der Waals surface area contributed by atoms with E-state index in [-0.39, 0.29) is 18.0 Å². The Labute approximate surface area is 171 Å². The van der Waals surface area contributed by atoms with Gasteiger partial charge in [-0.2, -0.15) is 13.2 Å². The van der Waals surface area contributed by atoms with Crippen LogP contribution in [0.5, 0.6) is 0 Å². The molecule has 1 saturated heterocycles. The Kier molecular flexibility index (Phi) is 6.47. The van der Waals surface area contributed by atoms with Crippen LogP contribution in [0.2, 0.25) is 5.02 Å². The molecule has 154 valence electrons. The summed E-state index contributed by atoms with van der Waals surface area (Å²) >= 11 is 5.93. The van der Waals surface area contributed by atoms with Crippen LogP contribution in [0.3, 0.4) is 0 Å². The fraction of sp³-hybridized carbons (Fsp3) is 0.333. The number of nitrogens with one attached hydrogen (secondary N) is 1. The molecule has 0 spiro atoms. The van der Waals surface area contributed by atoms with Gasteiger partial charge in [-0.25, -0.2) is 0 Å². The summed E-state index contributed by atoms with van der Waals surface area (Å²) in [7, 11) is 0. The highest BCUT2D eigenvalue weighted by molar-refractivity contribution is 6.30. The quantitative estimate of drug-likeness (QED) is 0.784. The van der Waals surface area contributed by atoms with Crippen molar-refractivity contribution in [3.05, 3.63) is 70.2 Å². The first-order chi connectivity index (χ1) is 13.7. The fourth-order valence-corrected chi connectivity index (χ4v) is 3.58. The van der Waals surface area contributed by atoms with E-state index in [1.165, 1.54) is 17.0 Å². The first kappa shape index (κ1) is 21.2. The molecular weight excluding hydrogens is 405 g/mol. The first-order valence-corrected chi connectivity index (χ1v) is 9.60. The Morgan fingerprint density at radius 2 is 1.90 bits per heavy atom. The van der Waals surface area contributed by atoms with E-state index < -0.39 is 23.6 Å². The highest BCUT2D eigenvalue weighted by Gasteiger charge is 2.33. The number of alkyl halides is 3. The number of piperidine rings is 1. The molecule has 4 nitrogen and oxygen atoms in total. The molecule has 0 aromatic heterocycles. The number of amides is 2. The zero-order valence-electron chi connectivity index (χ0n) is 15.5. The molecule has 0 aliphatic carbocycles. The van der Waals surface area contributed by atoms with Gasteiger partial charge in [-0.1, -0.05) is 29.8 Å². The van der Waals surface area contributed by atoms with E-state index in [0.717, 1.165) is 17.7 Å². The standard InChI is InChI=1S/C21H20ClF3N2O2/c22-18-8-1-4-14(10-18)12-26-19(28)16-6-3-9-27(13-16)20(29)15-5-2-7-17(11-15)21(23,24)25/h1-2,4-5,7-8,10-11,16H,3,6,9,12-13H2,(H,26,28). The summed E-state index contributed by atoms with van der Waals surface area (Å²) in [5.74, 6) is -1.09. The Morgan fingerprint density at radius 3 is 2.62 bits per heavy atom. The van der Waals surface area contributed by atoms with Crippen LogP contribution in [0, 0.1) is 5.92 Å². The van der Waals surface area contributed by atoms with Gasteiger partial charge in [0, 0.05) is 30.2 Å². The maximum Gasteiger partial charge on any atom is 0.416 e. The second-order valence-corrected chi connectivity index (χ2v) is 7.45. The van der Waals surface area contributed by atoms with Crippen LogP contribution in [-0.4, -0.2) is 29.8 Å². The van der Waals surface area contributed by atoms with Crippen molar-refractivity contribution in [2.45, 2.75) is 25.6 Å². The summed E-state index contributed by atoms with van der Waals surface area (Å²) in [5.41, 5.74) is -0.0328. The molecule has 1 atom stereocenters. The van der Waals surface area contributed by atoms with Gasteiger partial charge in [-0.3, -0.25) is 9.59 Å². The molecule has 1 fully saturated rings. The monoisotopic (exact) mass is 424 g/mol. The van der Waals surface area contributed by atoms with Gasteiger partial charge in [-0.05, 0) is 48.7 Å². The van der Waals surface area contributed by atoms with Gasteiger partial charge in [0.25, 0.3) is 5.91 Å². The lowest BCUT2D eigenvalue weighted by atomic mass is 9.96. The molecule has 3 rings (SSSR count). The number of halogens is 4. The summed E-state index contributed by atoms with van der Waals surface area (Å²) in [6, 6.07) is 11.5. The molecule has 1 aliphatic heterocycles. The highest BCUT2D eigenvalue weighted by atomic mass is 35.5. The SMILES string of the molecule is O=C(NCc1cccc(Cl)c1)C1CCCN(C(=O)c2cccc(C(F)(F)F)c2)C1. The molecule has 0 bridgehead atoms. The van der Waals surface area contributed by atoms with Crippen LogP contribution < -0.4 is 5.32 Å². The molecule has 2 amide bonds. The second kappa shape index (κ2) is 8.86. The molecule has 1 N–H and O–H groups in total. The van der Waals surface area contributed by atoms with Crippen LogP contribution in [-0.2, 0) is 17.5 Å². The third-order valence-electron chi connectivity index (χ3n) is 4.87. The van der Waals surface area contributed by atoms with Crippen molar-refractivity contribution in [2.24, 2.45) is 5.92 Å². The van der Waals surface area contributed by atoms with Gasteiger partial charge in [0.1, 0.15) is 0 Å². The molecule has 0 radical (unpaired) electrons. The number of hydrogen-bond donors (Lipinski definition) is 1. The molecule has 1 unspecified atom stereocenters. The summed E-state index contributed by atoms with van der Waals surface area (Å²) in [5, 5.41) is 3.42. The Bertz CT molecular complexity index is 901. The Morgan fingerprint density at radius 1 is 1.14 bits per heavy atom. The molecule has 29 heavy (non-hydrogen) atoms. The number of rotatable bonds is 4. The van der Waals surface area contributed by atoms with E-state index in [1.807, 2.05) is 6.07 Å². The van der Waals surface area contributed by atoms with E-state index >= 15 is 0 Å². The van der Waals surface area contributed by atoms with Crippen molar-refractivity contribution in [1.29, 1.82) is 0 Å². The second-order valence-electron chi connectivity index (χ2n) is 7.02. The number of carbonyl (C=O) groups is 2. The van der Waals surface area contributed by atoms with Crippen LogP contribution in [0.1, 0.15) is 34.3 Å². The molecular formula is C21H20ClF3N2O2. The molecule has 1 aliphatic rings. The largest absolute Gasteiger partial charge is 0.416 e. The number of benzene rings is 2.